The number of hydrogen-bond acceptors (Lipinski definition) is 5. The summed E-state index contributed by atoms with van der Waals surface area (Å²) >= 11 is 0. The zero-order valence-electron chi connectivity index (χ0n) is 14.7. The van der Waals surface area contributed by atoms with Crippen LogP contribution in [0, 0.1) is 24.7 Å². The maximum Gasteiger partial charge on any atom is 0.239 e. The van der Waals surface area contributed by atoms with Crippen molar-refractivity contribution >= 4 is 17.6 Å². The minimum absolute atomic E-state index is 0.0961. The summed E-state index contributed by atoms with van der Waals surface area (Å²) < 4.78 is 4.94. The monoisotopic (exact) mass is 346 g/mol. The molecule has 2 aliphatic carbocycles. The van der Waals surface area contributed by atoms with Crippen LogP contribution in [0.25, 0.3) is 0 Å². The molecule has 7 heteroatoms. The first-order chi connectivity index (χ1) is 12.1. The fourth-order valence-corrected chi connectivity index (χ4v) is 4.72. The van der Waals surface area contributed by atoms with Gasteiger partial charge >= 0.3 is 0 Å². The molecule has 1 aromatic heterocycles. The molecule has 1 N–H and O–H groups in total. The second-order valence-corrected chi connectivity index (χ2v) is 7.75. The van der Waals surface area contributed by atoms with Gasteiger partial charge < -0.3 is 14.7 Å². The van der Waals surface area contributed by atoms with Crippen LogP contribution >= 0.6 is 0 Å². The van der Waals surface area contributed by atoms with Crippen LogP contribution in [-0.4, -0.2) is 59.5 Å². The van der Waals surface area contributed by atoms with Crippen LogP contribution < -0.4 is 5.32 Å². The summed E-state index contributed by atoms with van der Waals surface area (Å²) in [5.74, 6) is 3.08. The van der Waals surface area contributed by atoms with Crippen LogP contribution in [0.3, 0.4) is 0 Å². The Morgan fingerprint density at radius 1 is 1.24 bits per heavy atom. The van der Waals surface area contributed by atoms with E-state index in [2.05, 4.69) is 15.4 Å². The summed E-state index contributed by atoms with van der Waals surface area (Å²) in [6, 6.07) is 1.70. The molecule has 2 heterocycles. The number of piperazine rings is 1. The lowest BCUT2D eigenvalue weighted by Gasteiger charge is -2.36. The Morgan fingerprint density at radius 3 is 2.64 bits per heavy atom. The Labute approximate surface area is 147 Å². The normalized spacial score (nSPS) is 29.2. The lowest BCUT2D eigenvalue weighted by Crippen LogP contribution is -2.52. The standard InChI is InChI=1S/C18H26N4O3/c1-12-8-16(20-25-12)19-17(23)11-21-4-6-22(7-5-21)18(24)15-10-13-2-3-14(15)9-13/h8,13-15H,2-7,9-11H2,1H3,(H,19,20,23)/t13-,14+,15+/m0/s1. The van der Waals surface area contributed by atoms with E-state index in [0.717, 1.165) is 38.5 Å². The van der Waals surface area contributed by atoms with Gasteiger partial charge in [-0.15, -0.1) is 0 Å². The Hall–Kier alpha value is -1.89. The Bertz CT molecular complexity index is 651. The van der Waals surface area contributed by atoms with Crippen molar-refractivity contribution in [2.24, 2.45) is 17.8 Å². The summed E-state index contributed by atoms with van der Waals surface area (Å²) in [7, 11) is 0. The molecule has 1 aromatic rings. The van der Waals surface area contributed by atoms with Crippen molar-refractivity contribution in [3.8, 4) is 0 Å². The summed E-state index contributed by atoms with van der Waals surface area (Å²) in [6.07, 6.45) is 4.92. The number of nitrogens with one attached hydrogen (secondary N) is 1. The van der Waals surface area contributed by atoms with Crippen LogP contribution in [0.1, 0.15) is 31.4 Å². The van der Waals surface area contributed by atoms with Crippen molar-refractivity contribution in [2.75, 3.05) is 38.0 Å². The van der Waals surface area contributed by atoms with Crippen molar-refractivity contribution in [3.63, 3.8) is 0 Å². The van der Waals surface area contributed by atoms with Crippen molar-refractivity contribution in [1.29, 1.82) is 0 Å². The molecular weight excluding hydrogens is 320 g/mol. The first kappa shape index (κ1) is 16.6. The van der Waals surface area contributed by atoms with Gasteiger partial charge in [-0.25, -0.2) is 0 Å². The van der Waals surface area contributed by atoms with Crippen molar-refractivity contribution in [3.05, 3.63) is 11.8 Å². The van der Waals surface area contributed by atoms with E-state index in [-0.39, 0.29) is 11.8 Å². The van der Waals surface area contributed by atoms with E-state index < -0.39 is 0 Å². The average molecular weight is 346 g/mol. The van der Waals surface area contributed by atoms with E-state index in [1.807, 2.05) is 4.90 Å². The molecule has 0 spiro atoms. The molecule has 3 atom stereocenters. The quantitative estimate of drug-likeness (QED) is 0.894. The largest absolute Gasteiger partial charge is 0.360 e. The van der Waals surface area contributed by atoms with Crippen LogP contribution in [-0.2, 0) is 9.59 Å². The van der Waals surface area contributed by atoms with Crippen LogP contribution in [0.15, 0.2) is 10.6 Å². The molecular formula is C18H26N4O3. The number of rotatable bonds is 4. The fourth-order valence-electron chi connectivity index (χ4n) is 4.72. The summed E-state index contributed by atoms with van der Waals surface area (Å²) in [5, 5.41) is 6.51. The van der Waals surface area contributed by atoms with Crippen LogP contribution in [0.2, 0.25) is 0 Å². The zero-order chi connectivity index (χ0) is 17.4. The summed E-state index contributed by atoms with van der Waals surface area (Å²) in [5.41, 5.74) is 0. The number of hydrogen-bond donors (Lipinski definition) is 1. The van der Waals surface area contributed by atoms with Gasteiger partial charge in [0.25, 0.3) is 0 Å². The van der Waals surface area contributed by atoms with E-state index in [0.29, 0.717) is 29.9 Å². The van der Waals surface area contributed by atoms with Gasteiger partial charge in [0, 0.05) is 38.2 Å². The van der Waals surface area contributed by atoms with Gasteiger partial charge in [0.15, 0.2) is 5.82 Å². The molecule has 4 rings (SSSR count). The summed E-state index contributed by atoms with van der Waals surface area (Å²) in [4.78, 5) is 29.0. The van der Waals surface area contributed by atoms with Gasteiger partial charge in [0.05, 0.1) is 6.54 Å². The minimum atomic E-state index is -0.0961. The van der Waals surface area contributed by atoms with Crippen LogP contribution in [0.5, 0.6) is 0 Å². The third-order valence-electron chi connectivity index (χ3n) is 6.00. The van der Waals surface area contributed by atoms with Crippen LogP contribution in [0.4, 0.5) is 5.82 Å². The number of fused-ring (bicyclic) bond motifs is 2. The highest BCUT2D eigenvalue weighted by Crippen LogP contribution is 2.48. The van der Waals surface area contributed by atoms with Crippen molar-refractivity contribution in [1.82, 2.24) is 15.0 Å². The van der Waals surface area contributed by atoms with E-state index in [4.69, 9.17) is 4.52 Å². The number of nitrogens with zero attached hydrogens (tertiary/aromatic N) is 3. The number of carbonyl (C=O) groups is 2. The predicted octanol–water partition coefficient (Wildman–Crippen LogP) is 1.50. The lowest BCUT2D eigenvalue weighted by atomic mass is 9.87. The van der Waals surface area contributed by atoms with Gasteiger partial charge in [-0.2, -0.15) is 0 Å². The van der Waals surface area contributed by atoms with Gasteiger partial charge in [-0.3, -0.25) is 14.5 Å². The lowest BCUT2D eigenvalue weighted by molar-refractivity contribution is -0.139. The van der Waals surface area contributed by atoms with E-state index in [9.17, 15) is 9.59 Å². The van der Waals surface area contributed by atoms with Crippen molar-refractivity contribution in [2.45, 2.75) is 32.6 Å². The molecule has 3 fully saturated rings. The SMILES string of the molecule is Cc1cc(NC(=O)CN2CCN(C(=O)[C@@H]3C[C@H]4CC[C@@H]3C4)CC2)no1. The smallest absolute Gasteiger partial charge is 0.239 e. The molecule has 0 aromatic carbocycles. The van der Waals surface area contributed by atoms with Crippen molar-refractivity contribution < 1.29 is 14.1 Å². The number of aromatic nitrogens is 1. The topological polar surface area (TPSA) is 78.7 Å². The fraction of sp³-hybridized carbons (Fsp3) is 0.722. The molecule has 0 unspecified atom stereocenters. The van der Waals surface area contributed by atoms with E-state index in [1.54, 1.807) is 13.0 Å². The third kappa shape index (κ3) is 3.56. The highest BCUT2D eigenvalue weighted by molar-refractivity contribution is 5.91. The van der Waals surface area contributed by atoms with Gasteiger partial charge in [-0.1, -0.05) is 11.6 Å². The molecule has 25 heavy (non-hydrogen) atoms. The molecule has 1 saturated heterocycles. The second-order valence-electron chi connectivity index (χ2n) is 7.75. The summed E-state index contributed by atoms with van der Waals surface area (Å²) in [6.45, 7) is 5.05. The molecule has 1 aliphatic heterocycles. The van der Waals surface area contributed by atoms with Gasteiger partial charge in [-0.05, 0) is 38.0 Å². The van der Waals surface area contributed by atoms with Gasteiger partial charge in [0.2, 0.25) is 11.8 Å². The number of aryl methyl sites for hydroxylation is 1. The molecule has 136 valence electrons. The van der Waals surface area contributed by atoms with E-state index >= 15 is 0 Å². The second kappa shape index (κ2) is 6.78. The Balaban J connectivity index is 1.23. The highest BCUT2D eigenvalue weighted by atomic mass is 16.5. The molecule has 2 saturated carbocycles. The first-order valence-corrected chi connectivity index (χ1v) is 9.33. The Morgan fingerprint density at radius 2 is 2.04 bits per heavy atom. The molecule has 0 radical (unpaired) electrons. The Kier molecular flexibility index (Phi) is 4.50. The first-order valence-electron chi connectivity index (χ1n) is 9.33. The number of amides is 2. The minimum Gasteiger partial charge on any atom is -0.360 e. The molecule has 7 nitrogen and oxygen atoms in total. The molecule has 3 aliphatic rings. The highest BCUT2D eigenvalue weighted by Gasteiger charge is 2.44. The number of anilines is 1. The molecule has 2 amide bonds. The third-order valence-corrected chi connectivity index (χ3v) is 6.00. The zero-order valence-corrected chi connectivity index (χ0v) is 14.7. The van der Waals surface area contributed by atoms with Gasteiger partial charge in [0.1, 0.15) is 5.76 Å². The maximum atomic E-state index is 12.8. The average Bonchev–Trinajstić information content (AvgIpc) is 3.32. The predicted molar refractivity (Wildman–Crippen MR) is 91.8 cm³/mol. The molecule has 2 bridgehead atoms. The van der Waals surface area contributed by atoms with E-state index in [1.165, 1.54) is 19.3 Å². The maximum absolute atomic E-state index is 12.8. The number of carbonyl (C=O) groups excluding carboxylic acids is 2.